The zero-order valence-electron chi connectivity index (χ0n) is 12.6. The highest BCUT2D eigenvalue weighted by atomic mass is 16.1. The largest absolute Gasteiger partial charge is 0.352 e. The molecule has 1 aliphatic rings. The Morgan fingerprint density at radius 3 is 2.95 bits per heavy atom. The van der Waals surface area contributed by atoms with Gasteiger partial charge >= 0.3 is 0 Å². The minimum absolute atomic E-state index is 0.0852. The highest BCUT2D eigenvalue weighted by Gasteiger charge is 2.23. The van der Waals surface area contributed by atoms with Crippen LogP contribution in [0.15, 0.2) is 43.0 Å². The summed E-state index contributed by atoms with van der Waals surface area (Å²) in [5.74, 6) is 0.0852. The molecule has 1 amide bonds. The van der Waals surface area contributed by atoms with Crippen LogP contribution in [0, 0.1) is 0 Å². The first-order valence-corrected chi connectivity index (χ1v) is 7.67. The fourth-order valence-corrected chi connectivity index (χ4v) is 2.80. The standard InChI is InChI=1S/C16H21N5O/c22-16(7-9-21-13-17-12-18-21)19-15-6-8-20(11-15)10-14-4-2-1-3-5-14/h1-5,12-13,15H,6-11H2,(H,19,22)/t15-/m1/s1. The summed E-state index contributed by atoms with van der Waals surface area (Å²) in [6.45, 7) is 3.48. The molecule has 6 nitrogen and oxygen atoms in total. The van der Waals surface area contributed by atoms with Crippen LogP contribution in [0.2, 0.25) is 0 Å². The summed E-state index contributed by atoms with van der Waals surface area (Å²) in [7, 11) is 0. The van der Waals surface area contributed by atoms with Crippen molar-refractivity contribution in [2.45, 2.75) is 32.0 Å². The summed E-state index contributed by atoms with van der Waals surface area (Å²) in [6.07, 6.45) is 4.57. The van der Waals surface area contributed by atoms with Crippen LogP contribution in [0.5, 0.6) is 0 Å². The molecule has 1 aromatic carbocycles. The third kappa shape index (κ3) is 4.14. The van der Waals surface area contributed by atoms with E-state index in [-0.39, 0.29) is 11.9 Å². The molecule has 116 valence electrons. The molecule has 0 aliphatic carbocycles. The van der Waals surface area contributed by atoms with Crippen LogP contribution >= 0.6 is 0 Å². The van der Waals surface area contributed by atoms with Crippen molar-refractivity contribution in [3.8, 4) is 0 Å². The van der Waals surface area contributed by atoms with E-state index in [1.165, 1.54) is 11.9 Å². The Balaban J connectivity index is 1.40. The summed E-state index contributed by atoms with van der Waals surface area (Å²) in [5, 5.41) is 7.11. The van der Waals surface area contributed by atoms with Crippen molar-refractivity contribution in [2.75, 3.05) is 13.1 Å². The Labute approximate surface area is 130 Å². The second kappa shape index (κ2) is 7.17. The van der Waals surface area contributed by atoms with E-state index in [2.05, 4.69) is 44.6 Å². The predicted molar refractivity (Wildman–Crippen MR) is 82.9 cm³/mol. The van der Waals surface area contributed by atoms with Gasteiger partial charge < -0.3 is 5.32 Å². The lowest BCUT2D eigenvalue weighted by Gasteiger charge is -2.16. The summed E-state index contributed by atoms with van der Waals surface area (Å²) >= 11 is 0. The highest BCUT2D eigenvalue weighted by Crippen LogP contribution is 2.13. The number of carbonyl (C=O) groups is 1. The predicted octanol–water partition coefficient (Wildman–Crippen LogP) is 1.06. The second-order valence-corrected chi connectivity index (χ2v) is 5.68. The van der Waals surface area contributed by atoms with Crippen LogP contribution in [-0.4, -0.2) is 44.7 Å². The van der Waals surface area contributed by atoms with E-state index in [4.69, 9.17) is 0 Å². The van der Waals surface area contributed by atoms with Gasteiger partial charge in [0.2, 0.25) is 5.91 Å². The number of rotatable bonds is 6. The van der Waals surface area contributed by atoms with Gasteiger partial charge in [-0.1, -0.05) is 30.3 Å². The third-order valence-electron chi connectivity index (χ3n) is 3.92. The molecule has 1 N–H and O–H groups in total. The van der Waals surface area contributed by atoms with E-state index in [0.717, 1.165) is 26.1 Å². The van der Waals surface area contributed by atoms with Gasteiger partial charge in [0.15, 0.2) is 0 Å². The maximum absolute atomic E-state index is 12.0. The normalized spacial score (nSPS) is 18.5. The molecule has 0 radical (unpaired) electrons. The molecule has 1 fully saturated rings. The summed E-state index contributed by atoms with van der Waals surface area (Å²) in [5.41, 5.74) is 1.32. The molecule has 0 unspecified atom stereocenters. The first kappa shape index (κ1) is 14.7. The third-order valence-corrected chi connectivity index (χ3v) is 3.92. The van der Waals surface area contributed by atoms with Crippen LogP contribution < -0.4 is 5.32 Å². The molecule has 0 saturated carbocycles. The van der Waals surface area contributed by atoms with Crippen molar-refractivity contribution >= 4 is 5.91 Å². The first-order valence-electron chi connectivity index (χ1n) is 7.67. The van der Waals surface area contributed by atoms with Crippen molar-refractivity contribution in [1.29, 1.82) is 0 Å². The smallest absolute Gasteiger partial charge is 0.222 e. The van der Waals surface area contributed by atoms with Gasteiger partial charge in [-0.15, -0.1) is 0 Å². The quantitative estimate of drug-likeness (QED) is 0.866. The zero-order valence-corrected chi connectivity index (χ0v) is 12.6. The lowest BCUT2D eigenvalue weighted by atomic mass is 10.2. The average Bonchev–Trinajstić information content (AvgIpc) is 3.18. The molecule has 1 atom stereocenters. The molecule has 1 aliphatic heterocycles. The van der Waals surface area contributed by atoms with Crippen molar-refractivity contribution in [3.05, 3.63) is 48.5 Å². The van der Waals surface area contributed by atoms with Crippen LogP contribution in [-0.2, 0) is 17.9 Å². The number of amides is 1. The van der Waals surface area contributed by atoms with E-state index < -0.39 is 0 Å². The van der Waals surface area contributed by atoms with Crippen LogP contribution in [0.4, 0.5) is 0 Å². The number of aromatic nitrogens is 3. The molecule has 6 heteroatoms. The SMILES string of the molecule is O=C(CCn1cncn1)N[C@@H]1CCN(Cc2ccccc2)C1. The number of nitrogens with one attached hydrogen (secondary N) is 1. The van der Waals surface area contributed by atoms with Gasteiger partial charge in [-0.25, -0.2) is 4.98 Å². The topological polar surface area (TPSA) is 63.1 Å². The second-order valence-electron chi connectivity index (χ2n) is 5.68. The molecule has 2 heterocycles. The Hall–Kier alpha value is -2.21. The Morgan fingerprint density at radius 1 is 1.32 bits per heavy atom. The van der Waals surface area contributed by atoms with Gasteiger partial charge in [-0.2, -0.15) is 5.10 Å². The highest BCUT2D eigenvalue weighted by molar-refractivity contribution is 5.76. The molecule has 1 aromatic heterocycles. The summed E-state index contributed by atoms with van der Waals surface area (Å²) in [6, 6.07) is 10.7. The van der Waals surface area contributed by atoms with Crippen LogP contribution in [0.25, 0.3) is 0 Å². The average molecular weight is 299 g/mol. The molecule has 0 spiro atoms. The van der Waals surface area contributed by atoms with E-state index >= 15 is 0 Å². The Bertz CT molecular complexity index is 584. The van der Waals surface area contributed by atoms with Gasteiger partial charge in [0.1, 0.15) is 12.7 Å². The molecule has 0 bridgehead atoms. The number of aryl methyl sites for hydroxylation is 1. The number of benzene rings is 1. The van der Waals surface area contributed by atoms with Crippen molar-refractivity contribution in [2.24, 2.45) is 0 Å². The van der Waals surface area contributed by atoms with Crippen molar-refractivity contribution < 1.29 is 4.79 Å². The van der Waals surface area contributed by atoms with E-state index in [1.54, 1.807) is 11.0 Å². The van der Waals surface area contributed by atoms with Crippen molar-refractivity contribution in [3.63, 3.8) is 0 Å². The molecule has 1 saturated heterocycles. The van der Waals surface area contributed by atoms with Crippen LogP contribution in [0.3, 0.4) is 0 Å². The lowest BCUT2D eigenvalue weighted by Crippen LogP contribution is -2.37. The van der Waals surface area contributed by atoms with Gasteiger partial charge in [-0.05, 0) is 12.0 Å². The summed E-state index contributed by atoms with van der Waals surface area (Å²) in [4.78, 5) is 18.2. The number of hydrogen-bond acceptors (Lipinski definition) is 4. The van der Waals surface area contributed by atoms with Crippen molar-refractivity contribution in [1.82, 2.24) is 25.0 Å². The van der Waals surface area contributed by atoms with E-state index in [1.807, 2.05) is 6.07 Å². The molecule has 2 aromatic rings. The van der Waals surface area contributed by atoms with Crippen LogP contribution in [0.1, 0.15) is 18.4 Å². The molecule has 22 heavy (non-hydrogen) atoms. The van der Waals surface area contributed by atoms with E-state index in [0.29, 0.717) is 13.0 Å². The zero-order chi connectivity index (χ0) is 15.2. The number of nitrogens with zero attached hydrogens (tertiary/aromatic N) is 4. The lowest BCUT2D eigenvalue weighted by molar-refractivity contribution is -0.122. The molecular formula is C16H21N5O. The Morgan fingerprint density at radius 2 is 2.18 bits per heavy atom. The number of carbonyl (C=O) groups excluding carboxylic acids is 1. The van der Waals surface area contributed by atoms with Gasteiger partial charge in [-0.3, -0.25) is 14.4 Å². The number of hydrogen-bond donors (Lipinski definition) is 1. The monoisotopic (exact) mass is 299 g/mol. The van der Waals surface area contributed by atoms with Gasteiger partial charge in [0.05, 0.1) is 6.54 Å². The summed E-state index contributed by atoms with van der Waals surface area (Å²) < 4.78 is 1.68. The minimum atomic E-state index is 0.0852. The fraction of sp³-hybridized carbons (Fsp3) is 0.438. The number of likely N-dealkylation sites (tertiary alicyclic amines) is 1. The maximum Gasteiger partial charge on any atom is 0.222 e. The minimum Gasteiger partial charge on any atom is -0.352 e. The van der Waals surface area contributed by atoms with Gasteiger partial charge in [0.25, 0.3) is 0 Å². The molecule has 3 rings (SSSR count). The maximum atomic E-state index is 12.0. The van der Waals surface area contributed by atoms with Gasteiger partial charge in [0, 0.05) is 32.1 Å². The first-order chi connectivity index (χ1) is 10.8. The Kier molecular flexibility index (Phi) is 4.80. The van der Waals surface area contributed by atoms with E-state index in [9.17, 15) is 4.79 Å². The fourth-order valence-electron chi connectivity index (χ4n) is 2.80. The molecular weight excluding hydrogens is 278 g/mol.